The van der Waals surface area contributed by atoms with Crippen LogP contribution in [0, 0.1) is 6.92 Å². The van der Waals surface area contributed by atoms with Crippen molar-refractivity contribution in [3.05, 3.63) is 69.1 Å². The van der Waals surface area contributed by atoms with Gasteiger partial charge in [-0.1, -0.05) is 40.9 Å². The molecule has 0 saturated heterocycles. The van der Waals surface area contributed by atoms with Crippen LogP contribution >= 0.6 is 34.5 Å². The molecule has 0 radical (unpaired) electrons. The number of aromatic nitrogens is 1. The van der Waals surface area contributed by atoms with Crippen molar-refractivity contribution in [2.75, 3.05) is 11.4 Å². The number of nitrogens with zero attached hydrogens (tertiary/aromatic N) is 2. The van der Waals surface area contributed by atoms with Crippen LogP contribution < -0.4 is 4.90 Å². The number of hydrogen-bond donors (Lipinski definition) is 0. The molecule has 0 aliphatic rings. The number of carbonyl (C=O) groups is 1. The number of amides is 1. The average molecular weight is 415 g/mol. The molecule has 136 valence electrons. The van der Waals surface area contributed by atoms with Crippen LogP contribution in [0.1, 0.15) is 22.2 Å². The van der Waals surface area contributed by atoms with Crippen LogP contribution in [0.25, 0.3) is 21.0 Å². The minimum absolute atomic E-state index is 0.0714. The first-order chi connectivity index (χ1) is 13.0. The Morgan fingerprint density at radius 3 is 2.67 bits per heavy atom. The van der Waals surface area contributed by atoms with Crippen LogP contribution in [-0.4, -0.2) is 17.4 Å². The van der Waals surface area contributed by atoms with Crippen LogP contribution in [0.3, 0.4) is 0 Å². The summed E-state index contributed by atoms with van der Waals surface area (Å²) < 4.78 is 0.985. The van der Waals surface area contributed by atoms with E-state index in [4.69, 9.17) is 23.2 Å². The Morgan fingerprint density at radius 2 is 1.93 bits per heavy atom. The predicted octanol–water partition coefficient (Wildman–Crippen LogP) is 6.73. The van der Waals surface area contributed by atoms with Gasteiger partial charge in [-0.05, 0) is 50.2 Å². The zero-order valence-corrected chi connectivity index (χ0v) is 17.1. The van der Waals surface area contributed by atoms with E-state index in [1.807, 2.05) is 44.2 Å². The summed E-state index contributed by atoms with van der Waals surface area (Å²) >= 11 is 14.0. The lowest BCUT2D eigenvalue weighted by molar-refractivity contribution is 0.0992. The van der Waals surface area contributed by atoms with Gasteiger partial charge in [0.05, 0.1) is 10.4 Å². The van der Waals surface area contributed by atoms with E-state index in [1.54, 1.807) is 17.0 Å². The number of benzene rings is 2. The first-order valence-corrected chi connectivity index (χ1v) is 10.1. The fourth-order valence-corrected chi connectivity index (χ4v) is 4.78. The van der Waals surface area contributed by atoms with Gasteiger partial charge in [-0.3, -0.25) is 4.79 Å². The van der Waals surface area contributed by atoms with Gasteiger partial charge in [0.25, 0.3) is 5.91 Å². The van der Waals surface area contributed by atoms with Gasteiger partial charge in [0.15, 0.2) is 0 Å². The zero-order chi connectivity index (χ0) is 19.1. The van der Waals surface area contributed by atoms with Crippen molar-refractivity contribution in [3.63, 3.8) is 0 Å². The van der Waals surface area contributed by atoms with Gasteiger partial charge in [-0.15, -0.1) is 11.3 Å². The molecule has 4 rings (SSSR count). The minimum Gasteiger partial charge on any atom is -0.308 e. The molecule has 0 spiro atoms. The molecule has 2 heterocycles. The molecule has 2 aromatic carbocycles. The smallest absolute Gasteiger partial charge is 0.268 e. The van der Waals surface area contributed by atoms with Crippen molar-refractivity contribution < 1.29 is 4.79 Å². The Hall–Kier alpha value is -2.14. The fraction of sp³-hybridized carbons (Fsp3) is 0.143. The summed E-state index contributed by atoms with van der Waals surface area (Å²) in [5.74, 6) is -0.0714. The SMILES string of the molecule is CCN(C(=O)c1cc2c(Cl)nc3ccc(C)cc3c2s1)c1cccc(Cl)c1. The highest BCUT2D eigenvalue weighted by Crippen LogP contribution is 2.37. The summed E-state index contributed by atoms with van der Waals surface area (Å²) in [6.07, 6.45) is 0. The number of thiophene rings is 1. The first-order valence-electron chi connectivity index (χ1n) is 8.54. The number of pyridine rings is 1. The highest BCUT2D eigenvalue weighted by atomic mass is 35.5. The van der Waals surface area contributed by atoms with Crippen molar-refractivity contribution in [2.24, 2.45) is 0 Å². The molecule has 0 saturated carbocycles. The minimum atomic E-state index is -0.0714. The third kappa shape index (κ3) is 3.29. The van der Waals surface area contributed by atoms with Gasteiger partial charge >= 0.3 is 0 Å². The molecular formula is C21H16Cl2N2OS. The molecule has 0 aliphatic heterocycles. The number of fused-ring (bicyclic) bond motifs is 3. The Morgan fingerprint density at radius 1 is 1.11 bits per heavy atom. The monoisotopic (exact) mass is 414 g/mol. The average Bonchev–Trinajstić information content (AvgIpc) is 3.09. The summed E-state index contributed by atoms with van der Waals surface area (Å²) in [6, 6.07) is 15.2. The van der Waals surface area contributed by atoms with Crippen LogP contribution in [0.15, 0.2) is 48.5 Å². The van der Waals surface area contributed by atoms with E-state index in [-0.39, 0.29) is 5.91 Å². The van der Waals surface area contributed by atoms with Crippen LogP contribution in [0.4, 0.5) is 5.69 Å². The molecule has 0 fully saturated rings. The highest BCUT2D eigenvalue weighted by molar-refractivity contribution is 7.22. The molecule has 3 nitrogen and oxygen atoms in total. The third-order valence-corrected chi connectivity index (χ3v) is 6.14. The van der Waals surface area contributed by atoms with Gasteiger partial charge in [0.2, 0.25) is 0 Å². The lowest BCUT2D eigenvalue weighted by Gasteiger charge is -2.20. The van der Waals surface area contributed by atoms with Crippen molar-refractivity contribution in [3.8, 4) is 0 Å². The zero-order valence-electron chi connectivity index (χ0n) is 14.8. The van der Waals surface area contributed by atoms with Gasteiger partial charge in [-0.25, -0.2) is 4.98 Å². The van der Waals surface area contributed by atoms with E-state index in [1.165, 1.54) is 11.3 Å². The highest BCUT2D eigenvalue weighted by Gasteiger charge is 2.21. The van der Waals surface area contributed by atoms with E-state index in [9.17, 15) is 4.79 Å². The predicted molar refractivity (Wildman–Crippen MR) is 116 cm³/mol. The van der Waals surface area contributed by atoms with Gasteiger partial charge in [-0.2, -0.15) is 0 Å². The Kier molecular flexibility index (Phi) is 4.81. The molecule has 0 atom stereocenters. The van der Waals surface area contributed by atoms with Crippen molar-refractivity contribution in [1.29, 1.82) is 0 Å². The normalized spacial score (nSPS) is 11.3. The topological polar surface area (TPSA) is 33.2 Å². The summed E-state index contributed by atoms with van der Waals surface area (Å²) in [5, 5.41) is 2.85. The number of carbonyl (C=O) groups excluding carboxylic acids is 1. The summed E-state index contributed by atoms with van der Waals surface area (Å²) in [7, 11) is 0. The van der Waals surface area contributed by atoms with E-state index in [2.05, 4.69) is 11.1 Å². The van der Waals surface area contributed by atoms with Crippen LogP contribution in [0.2, 0.25) is 10.2 Å². The number of hydrogen-bond acceptors (Lipinski definition) is 3. The van der Waals surface area contributed by atoms with Gasteiger partial charge < -0.3 is 4.90 Å². The lowest BCUT2D eigenvalue weighted by atomic mass is 10.1. The quantitative estimate of drug-likeness (QED) is 0.348. The van der Waals surface area contributed by atoms with E-state index in [0.29, 0.717) is 21.6 Å². The first kappa shape index (κ1) is 18.2. The fourth-order valence-electron chi connectivity index (χ4n) is 3.17. The molecule has 1 amide bonds. The number of halogens is 2. The second-order valence-corrected chi connectivity index (χ2v) is 8.15. The van der Waals surface area contributed by atoms with Crippen LogP contribution in [0.5, 0.6) is 0 Å². The molecule has 27 heavy (non-hydrogen) atoms. The molecule has 4 aromatic rings. The Balaban J connectivity index is 1.86. The van der Waals surface area contributed by atoms with Gasteiger partial charge in [0.1, 0.15) is 5.15 Å². The van der Waals surface area contributed by atoms with Crippen molar-refractivity contribution in [1.82, 2.24) is 4.98 Å². The van der Waals surface area contributed by atoms with E-state index < -0.39 is 0 Å². The second-order valence-electron chi connectivity index (χ2n) is 6.31. The molecule has 0 unspecified atom stereocenters. The largest absolute Gasteiger partial charge is 0.308 e. The standard InChI is InChI=1S/C21H16Cl2N2OS/c1-3-25(14-6-4-5-13(22)10-14)21(26)18-11-16-19(27-18)15-9-12(2)7-8-17(15)24-20(16)23/h4-11H,3H2,1-2H3. The molecule has 0 aliphatic carbocycles. The van der Waals surface area contributed by atoms with Crippen molar-refractivity contribution >= 4 is 67.1 Å². The van der Waals surface area contributed by atoms with Gasteiger partial charge in [0, 0.05) is 32.7 Å². The lowest BCUT2D eigenvalue weighted by Crippen LogP contribution is -2.29. The second kappa shape index (κ2) is 7.12. The molecule has 0 N–H and O–H groups in total. The van der Waals surface area contributed by atoms with E-state index >= 15 is 0 Å². The maximum absolute atomic E-state index is 13.2. The van der Waals surface area contributed by atoms with Crippen LogP contribution in [-0.2, 0) is 0 Å². The van der Waals surface area contributed by atoms with E-state index in [0.717, 1.165) is 32.2 Å². The molecule has 2 aromatic heterocycles. The number of aryl methyl sites for hydroxylation is 1. The Labute approximate surface area is 171 Å². The maximum atomic E-state index is 13.2. The molecule has 6 heteroatoms. The molecular weight excluding hydrogens is 399 g/mol. The summed E-state index contributed by atoms with van der Waals surface area (Å²) in [4.78, 5) is 20.0. The summed E-state index contributed by atoms with van der Waals surface area (Å²) in [6.45, 7) is 4.52. The number of rotatable bonds is 3. The summed E-state index contributed by atoms with van der Waals surface area (Å²) in [5.41, 5.74) is 2.75. The number of anilines is 1. The van der Waals surface area contributed by atoms with Crippen molar-refractivity contribution in [2.45, 2.75) is 13.8 Å². The third-order valence-electron chi connectivity index (χ3n) is 4.46. The maximum Gasteiger partial charge on any atom is 0.268 e. The Bertz CT molecular complexity index is 1190. The molecule has 0 bridgehead atoms.